The van der Waals surface area contributed by atoms with Crippen molar-refractivity contribution in [2.24, 2.45) is 0 Å². The maximum atomic E-state index is 11.7. The third-order valence-corrected chi connectivity index (χ3v) is 11.1. The highest BCUT2D eigenvalue weighted by Crippen LogP contribution is 2.26. The van der Waals surface area contributed by atoms with E-state index in [0.29, 0.717) is 102 Å². The Morgan fingerprint density at radius 3 is 1.08 bits per heavy atom. The molecule has 0 saturated carbocycles. The number of ether oxygens (including phenoxy) is 9. The molecule has 4 aromatic rings. The van der Waals surface area contributed by atoms with Crippen molar-refractivity contribution >= 4 is 58.7 Å². The Balaban J connectivity index is 0.956. The first-order valence-electron chi connectivity index (χ1n) is 24.5. The number of anilines is 2. The Bertz CT molecular complexity index is 2160. The fourth-order valence-electron chi connectivity index (χ4n) is 7.03. The Kier molecular flexibility index (Phi) is 29.7. The smallest absolute Gasteiger partial charge is 0.348 e. The van der Waals surface area contributed by atoms with E-state index >= 15 is 0 Å². The van der Waals surface area contributed by atoms with Crippen LogP contribution in [0.5, 0.6) is 23.0 Å². The van der Waals surface area contributed by atoms with E-state index in [-0.39, 0.29) is 11.1 Å². The third kappa shape index (κ3) is 23.9. The number of rotatable bonds is 38. The lowest BCUT2D eigenvalue weighted by Gasteiger charge is -2.24. The maximum absolute atomic E-state index is 11.7. The van der Waals surface area contributed by atoms with Crippen LogP contribution in [0.25, 0.3) is 12.2 Å². The maximum Gasteiger partial charge on any atom is 0.348 e. The molecule has 0 atom stereocenters. The number of methoxy groups -OCH3 is 2. The second-order valence-corrected chi connectivity index (χ2v) is 16.9. The van der Waals surface area contributed by atoms with Crippen molar-refractivity contribution in [3.8, 4) is 35.1 Å². The summed E-state index contributed by atoms with van der Waals surface area (Å²) in [6, 6.07) is 34.0. The highest BCUT2D eigenvalue weighted by atomic mass is 35.5. The molecule has 15 nitrogen and oxygen atoms in total. The van der Waals surface area contributed by atoms with Gasteiger partial charge < -0.3 is 52.4 Å². The van der Waals surface area contributed by atoms with Crippen LogP contribution in [-0.2, 0) is 38.0 Å². The number of halogens is 2. The summed E-state index contributed by atoms with van der Waals surface area (Å²) in [5.74, 6) is 2.57. The summed E-state index contributed by atoms with van der Waals surface area (Å²) in [5, 5.41) is 18.4. The standard InChI is InChI=1S/C56H68Cl2N4O11/c1-65-55(63)47(43-59)41-45-9-13-49(14-10-45)61(29-25-57)27-3-31-67-33-5-35-69-37-7-39-71-51-17-21-53(22-18-51)73-54-23-19-52(20-24-54)72-40-8-38-70-36-6-34-68-32-4-28-62(30-26-58)50-15-11-46(12-16-50)42-48(44-60)56(64)66-2/h9-24,41-42H,3-8,25-40H2,1-2H3. The first kappa shape index (κ1) is 59.3. The second-order valence-electron chi connectivity index (χ2n) is 16.2. The average Bonchev–Trinajstić information content (AvgIpc) is 3.42. The number of alkyl halides is 2. The van der Waals surface area contributed by atoms with E-state index in [1.165, 1.54) is 26.4 Å². The molecule has 0 heterocycles. The topological polar surface area (TPSA) is 171 Å². The molecular weight excluding hydrogens is 976 g/mol. The van der Waals surface area contributed by atoms with Crippen LogP contribution >= 0.6 is 23.2 Å². The quantitative estimate of drug-likeness (QED) is 0.0136. The van der Waals surface area contributed by atoms with Crippen LogP contribution in [0.3, 0.4) is 0 Å². The second kappa shape index (κ2) is 36.6. The van der Waals surface area contributed by atoms with Crippen molar-refractivity contribution in [2.45, 2.75) is 38.5 Å². The Labute approximate surface area is 440 Å². The van der Waals surface area contributed by atoms with Crippen molar-refractivity contribution in [3.05, 3.63) is 119 Å². The molecule has 0 aliphatic carbocycles. The zero-order valence-corrected chi connectivity index (χ0v) is 43.5. The molecule has 0 bridgehead atoms. The largest absolute Gasteiger partial charge is 0.494 e. The molecule has 0 saturated heterocycles. The van der Waals surface area contributed by atoms with E-state index < -0.39 is 11.9 Å². The lowest BCUT2D eigenvalue weighted by Crippen LogP contribution is -2.27. The molecule has 17 heteroatoms. The number of carbonyl (C=O) groups excluding carboxylic acids is 2. The van der Waals surface area contributed by atoms with Crippen LogP contribution in [-0.4, -0.2) is 130 Å². The summed E-state index contributed by atoms with van der Waals surface area (Å²) in [6.07, 6.45) is 7.82. The summed E-state index contributed by atoms with van der Waals surface area (Å²) < 4.78 is 50.3. The highest BCUT2D eigenvalue weighted by molar-refractivity contribution is 6.18. The molecule has 0 spiro atoms. The van der Waals surface area contributed by atoms with Crippen LogP contribution in [0.15, 0.2) is 108 Å². The molecule has 0 aliphatic rings. The van der Waals surface area contributed by atoms with Gasteiger partial charge >= 0.3 is 11.9 Å². The molecule has 392 valence electrons. The van der Waals surface area contributed by atoms with E-state index in [1.54, 1.807) is 0 Å². The molecule has 0 N–H and O–H groups in total. The SMILES string of the molecule is COC(=O)C(C#N)=Cc1ccc(N(CCCl)CCCOCCCOCCCOc2ccc(Oc3ccc(OCCCOCCCOCCCN(CCCl)c4ccc(C=C(C#N)C(=O)OC)cc4)cc3)cc2)cc1. The fourth-order valence-corrected chi connectivity index (χ4v) is 7.44. The van der Waals surface area contributed by atoms with E-state index in [2.05, 4.69) is 19.3 Å². The van der Waals surface area contributed by atoms with Crippen molar-refractivity contribution in [2.75, 3.05) is 128 Å². The van der Waals surface area contributed by atoms with Crippen molar-refractivity contribution < 1.29 is 52.2 Å². The number of benzene rings is 4. The zero-order valence-electron chi connectivity index (χ0n) is 42.0. The molecule has 73 heavy (non-hydrogen) atoms. The Morgan fingerprint density at radius 1 is 0.452 bits per heavy atom. The van der Waals surface area contributed by atoms with E-state index in [1.807, 2.05) is 109 Å². The number of esters is 2. The van der Waals surface area contributed by atoms with Gasteiger partial charge in [0.25, 0.3) is 0 Å². The molecule has 0 fully saturated rings. The fraction of sp³-hybridized carbons (Fsp3) is 0.429. The van der Waals surface area contributed by atoms with Crippen LogP contribution in [0.4, 0.5) is 11.4 Å². The summed E-state index contributed by atoms with van der Waals surface area (Å²) in [6.45, 7) is 8.91. The summed E-state index contributed by atoms with van der Waals surface area (Å²) >= 11 is 12.1. The molecule has 0 aromatic heterocycles. The van der Waals surface area contributed by atoms with Gasteiger partial charge in [0.1, 0.15) is 46.3 Å². The van der Waals surface area contributed by atoms with Gasteiger partial charge in [0, 0.05) is 115 Å². The highest BCUT2D eigenvalue weighted by Gasteiger charge is 2.12. The lowest BCUT2D eigenvalue weighted by molar-refractivity contribution is -0.136. The van der Waals surface area contributed by atoms with Gasteiger partial charge in [-0.1, -0.05) is 24.3 Å². The van der Waals surface area contributed by atoms with Crippen LogP contribution in [0, 0.1) is 22.7 Å². The molecule has 0 unspecified atom stereocenters. The zero-order chi connectivity index (χ0) is 52.1. The van der Waals surface area contributed by atoms with Gasteiger partial charge in [-0.15, -0.1) is 23.2 Å². The van der Waals surface area contributed by atoms with E-state index in [4.69, 9.17) is 56.4 Å². The summed E-state index contributed by atoms with van der Waals surface area (Å²) in [7, 11) is 2.50. The molecular formula is C56H68Cl2N4O11. The van der Waals surface area contributed by atoms with E-state index in [0.717, 1.165) is 85.6 Å². The van der Waals surface area contributed by atoms with Crippen molar-refractivity contribution in [1.29, 1.82) is 10.5 Å². The average molecular weight is 1040 g/mol. The number of hydrogen-bond acceptors (Lipinski definition) is 15. The van der Waals surface area contributed by atoms with Crippen LogP contribution < -0.4 is 24.0 Å². The van der Waals surface area contributed by atoms with E-state index in [9.17, 15) is 20.1 Å². The minimum Gasteiger partial charge on any atom is -0.494 e. The first-order chi connectivity index (χ1) is 35.8. The van der Waals surface area contributed by atoms with Gasteiger partial charge in [-0.25, -0.2) is 9.59 Å². The van der Waals surface area contributed by atoms with Crippen molar-refractivity contribution in [3.63, 3.8) is 0 Å². The normalized spacial score (nSPS) is 11.3. The first-order valence-corrected chi connectivity index (χ1v) is 25.5. The number of hydrogen-bond donors (Lipinski definition) is 0. The number of carbonyl (C=O) groups is 2. The predicted molar refractivity (Wildman–Crippen MR) is 285 cm³/mol. The lowest BCUT2D eigenvalue weighted by atomic mass is 10.1. The molecule has 4 rings (SSSR count). The Hall–Kier alpha value is -6.30. The minimum absolute atomic E-state index is 0.0552. The van der Waals surface area contributed by atoms with Gasteiger partial charge in [-0.2, -0.15) is 10.5 Å². The van der Waals surface area contributed by atoms with Crippen LogP contribution in [0.2, 0.25) is 0 Å². The monoisotopic (exact) mass is 1040 g/mol. The minimum atomic E-state index is -0.663. The molecule has 0 amide bonds. The Morgan fingerprint density at radius 2 is 0.767 bits per heavy atom. The third-order valence-electron chi connectivity index (χ3n) is 10.8. The number of nitriles is 2. The van der Waals surface area contributed by atoms with Gasteiger partial charge in [-0.3, -0.25) is 0 Å². The van der Waals surface area contributed by atoms with Gasteiger partial charge in [0.05, 0.1) is 27.4 Å². The van der Waals surface area contributed by atoms with Gasteiger partial charge in [0.15, 0.2) is 0 Å². The van der Waals surface area contributed by atoms with Crippen LogP contribution in [0.1, 0.15) is 49.7 Å². The predicted octanol–water partition coefficient (Wildman–Crippen LogP) is 10.3. The summed E-state index contributed by atoms with van der Waals surface area (Å²) in [5.41, 5.74) is 3.36. The van der Waals surface area contributed by atoms with Gasteiger partial charge in [-0.05, 0) is 122 Å². The van der Waals surface area contributed by atoms with Crippen molar-refractivity contribution in [1.82, 2.24) is 0 Å². The number of nitrogens with zero attached hydrogens (tertiary/aromatic N) is 4. The molecule has 4 aromatic carbocycles. The molecule has 0 radical (unpaired) electrons. The van der Waals surface area contributed by atoms with Gasteiger partial charge in [0.2, 0.25) is 0 Å². The molecule has 0 aliphatic heterocycles. The summed E-state index contributed by atoms with van der Waals surface area (Å²) in [4.78, 5) is 27.8.